The summed E-state index contributed by atoms with van der Waals surface area (Å²) in [5.74, 6) is -1.03. The van der Waals surface area contributed by atoms with Gasteiger partial charge >= 0.3 is 0 Å². The van der Waals surface area contributed by atoms with Crippen molar-refractivity contribution in [3.8, 4) is 0 Å². The number of likely N-dealkylation sites (tertiary alicyclic amines) is 1. The van der Waals surface area contributed by atoms with Crippen molar-refractivity contribution >= 4 is 17.9 Å². The quantitative estimate of drug-likeness (QED) is 0.556. The van der Waals surface area contributed by atoms with E-state index in [9.17, 15) is 18.4 Å². The molecule has 1 heterocycles. The molecule has 1 atom stereocenters. The number of likely N-dealkylation sites (N-methyl/N-ethyl adjacent to an activating group) is 1. The summed E-state index contributed by atoms with van der Waals surface area (Å²) in [6, 6.07) is 13.4. The van der Waals surface area contributed by atoms with Crippen molar-refractivity contribution in [2.45, 2.75) is 39.2 Å². The molecule has 0 bridgehead atoms. The van der Waals surface area contributed by atoms with E-state index < -0.39 is 11.6 Å². The molecule has 0 N–H and O–H groups in total. The summed E-state index contributed by atoms with van der Waals surface area (Å²) < 4.78 is 27.2. The van der Waals surface area contributed by atoms with Crippen molar-refractivity contribution in [2.75, 3.05) is 20.1 Å². The molecule has 3 rings (SSSR count). The van der Waals surface area contributed by atoms with Crippen molar-refractivity contribution in [1.82, 2.24) is 9.80 Å². The third kappa shape index (κ3) is 6.50. The van der Waals surface area contributed by atoms with Crippen LogP contribution in [0.4, 0.5) is 8.78 Å². The van der Waals surface area contributed by atoms with Crippen molar-refractivity contribution < 1.29 is 18.4 Å². The number of hydrogen-bond donors (Lipinski definition) is 0. The van der Waals surface area contributed by atoms with Crippen LogP contribution >= 0.6 is 0 Å². The Hall–Kier alpha value is -3.02. The van der Waals surface area contributed by atoms with E-state index in [-0.39, 0.29) is 35.3 Å². The number of benzene rings is 2. The molecule has 4 nitrogen and oxygen atoms in total. The fraction of sp³-hybridized carbons (Fsp3) is 0.407. The number of rotatable bonds is 7. The highest BCUT2D eigenvalue weighted by molar-refractivity contribution is 5.91. The van der Waals surface area contributed by atoms with Crippen LogP contribution in [0.25, 0.3) is 6.08 Å². The van der Waals surface area contributed by atoms with Crippen LogP contribution in [-0.4, -0.2) is 47.8 Å². The van der Waals surface area contributed by atoms with E-state index in [0.29, 0.717) is 13.1 Å². The zero-order valence-corrected chi connectivity index (χ0v) is 19.5. The molecule has 0 spiro atoms. The monoisotopic (exact) mass is 454 g/mol. The van der Waals surface area contributed by atoms with E-state index in [2.05, 4.69) is 12.1 Å². The lowest BCUT2D eigenvalue weighted by atomic mass is 9.84. The highest BCUT2D eigenvalue weighted by Crippen LogP contribution is 2.27. The van der Waals surface area contributed by atoms with Crippen LogP contribution in [0.1, 0.15) is 37.8 Å². The van der Waals surface area contributed by atoms with Crippen LogP contribution in [0.2, 0.25) is 0 Å². The van der Waals surface area contributed by atoms with Gasteiger partial charge in [-0.15, -0.1) is 0 Å². The summed E-state index contributed by atoms with van der Waals surface area (Å²) in [4.78, 5) is 29.0. The molecular formula is C27H32F2N2O2. The molecule has 0 unspecified atom stereocenters. The molecular weight excluding hydrogens is 422 g/mol. The smallest absolute Gasteiger partial charge is 0.246 e. The summed E-state index contributed by atoms with van der Waals surface area (Å²) in [7, 11) is 1.88. The Kier molecular flexibility index (Phi) is 8.37. The Bertz CT molecular complexity index is 983. The van der Waals surface area contributed by atoms with E-state index in [1.165, 1.54) is 17.7 Å². The number of hydrogen-bond acceptors (Lipinski definition) is 2. The highest BCUT2D eigenvalue weighted by atomic mass is 19.1. The van der Waals surface area contributed by atoms with Crippen molar-refractivity contribution in [1.29, 1.82) is 0 Å². The summed E-state index contributed by atoms with van der Waals surface area (Å²) >= 11 is 0. The molecule has 33 heavy (non-hydrogen) atoms. The normalized spacial score (nSPS) is 15.8. The number of carbonyl (C=O) groups excluding carboxylic acids is 2. The second-order valence-corrected chi connectivity index (χ2v) is 9.02. The largest absolute Gasteiger partial charge is 0.342 e. The average molecular weight is 455 g/mol. The molecule has 176 valence electrons. The van der Waals surface area contributed by atoms with Gasteiger partial charge in [0, 0.05) is 43.7 Å². The first-order valence-corrected chi connectivity index (χ1v) is 11.5. The van der Waals surface area contributed by atoms with Crippen LogP contribution in [0.3, 0.4) is 0 Å². The number of amides is 2. The van der Waals surface area contributed by atoms with Crippen molar-refractivity contribution in [3.05, 3.63) is 77.4 Å². The maximum atomic E-state index is 13.8. The summed E-state index contributed by atoms with van der Waals surface area (Å²) in [5.41, 5.74) is 1.24. The molecule has 2 amide bonds. The summed E-state index contributed by atoms with van der Waals surface area (Å²) in [6.45, 7) is 4.95. The highest BCUT2D eigenvalue weighted by Gasteiger charge is 2.33. The van der Waals surface area contributed by atoms with Gasteiger partial charge in [-0.1, -0.05) is 44.2 Å². The second-order valence-electron chi connectivity index (χ2n) is 9.02. The number of nitrogens with zero attached hydrogens (tertiary/aromatic N) is 2. The molecule has 0 aromatic heterocycles. The molecule has 2 aromatic rings. The molecule has 6 heteroatoms. The molecule has 0 radical (unpaired) electrons. The minimum absolute atomic E-state index is 0.0509. The first-order chi connectivity index (χ1) is 15.8. The van der Waals surface area contributed by atoms with Gasteiger partial charge in [0.05, 0.1) is 0 Å². The van der Waals surface area contributed by atoms with E-state index in [4.69, 9.17) is 0 Å². The number of carbonyl (C=O) groups is 2. The number of piperidine rings is 1. The zero-order valence-electron chi connectivity index (χ0n) is 19.5. The Balaban J connectivity index is 1.66. The lowest BCUT2D eigenvalue weighted by Crippen LogP contribution is -2.49. The van der Waals surface area contributed by atoms with Gasteiger partial charge in [-0.3, -0.25) is 9.59 Å². The third-order valence-corrected chi connectivity index (χ3v) is 6.39. The van der Waals surface area contributed by atoms with Gasteiger partial charge in [-0.05, 0) is 55.0 Å². The van der Waals surface area contributed by atoms with Gasteiger partial charge in [0.2, 0.25) is 11.8 Å². The van der Waals surface area contributed by atoms with Crippen LogP contribution in [-0.2, 0) is 16.0 Å². The average Bonchev–Trinajstić information content (AvgIpc) is 2.82. The van der Waals surface area contributed by atoms with Gasteiger partial charge in [-0.2, -0.15) is 0 Å². The Morgan fingerprint density at radius 1 is 1.09 bits per heavy atom. The SMILES string of the molecule is CC(C)C(=O)N(C)[C@H](Cc1ccccc1)C1CCN(C(=O)/C=C/c2cc(F)ccc2F)CC1. The molecule has 0 saturated carbocycles. The van der Waals surface area contributed by atoms with Crippen LogP contribution in [0.5, 0.6) is 0 Å². The fourth-order valence-electron chi connectivity index (χ4n) is 4.46. The Labute approximate surface area is 194 Å². The van der Waals surface area contributed by atoms with Crippen molar-refractivity contribution in [3.63, 3.8) is 0 Å². The van der Waals surface area contributed by atoms with E-state index in [1.807, 2.05) is 44.0 Å². The van der Waals surface area contributed by atoms with Crippen LogP contribution in [0.15, 0.2) is 54.6 Å². The zero-order chi connectivity index (χ0) is 24.0. The standard InChI is InChI=1S/C27H32F2N2O2/c1-19(2)27(33)30(3)25(17-20-7-5-4-6-8-20)21-13-15-31(16-14-21)26(32)12-9-22-18-23(28)10-11-24(22)29/h4-12,18-19,21,25H,13-17H2,1-3H3/b12-9+/t25-/m1/s1. The minimum Gasteiger partial charge on any atom is -0.342 e. The third-order valence-electron chi connectivity index (χ3n) is 6.39. The Morgan fingerprint density at radius 3 is 2.39 bits per heavy atom. The van der Waals surface area contributed by atoms with E-state index >= 15 is 0 Å². The van der Waals surface area contributed by atoms with Gasteiger partial charge in [0.1, 0.15) is 11.6 Å². The summed E-state index contributed by atoms with van der Waals surface area (Å²) in [6.07, 6.45) is 4.95. The Morgan fingerprint density at radius 2 is 1.76 bits per heavy atom. The summed E-state index contributed by atoms with van der Waals surface area (Å²) in [5, 5.41) is 0. The van der Waals surface area contributed by atoms with Crippen molar-refractivity contribution in [2.24, 2.45) is 11.8 Å². The maximum absolute atomic E-state index is 13.8. The molecule has 1 fully saturated rings. The van der Waals surface area contributed by atoms with Gasteiger partial charge in [0.25, 0.3) is 0 Å². The molecule has 1 aliphatic rings. The van der Waals surface area contributed by atoms with Gasteiger partial charge in [-0.25, -0.2) is 8.78 Å². The van der Waals surface area contributed by atoms with Gasteiger partial charge in [0.15, 0.2) is 0 Å². The maximum Gasteiger partial charge on any atom is 0.246 e. The molecule has 0 aliphatic carbocycles. The molecule has 1 saturated heterocycles. The lowest BCUT2D eigenvalue weighted by molar-refractivity contribution is -0.137. The fourth-order valence-corrected chi connectivity index (χ4v) is 4.46. The first kappa shape index (κ1) is 24.6. The first-order valence-electron chi connectivity index (χ1n) is 11.5. The topological polar surface area (TPSA) is 40.6 Å². The van der Waals surface area contributed by atoms with Gasteiger partial charge < -0.3 is 9.80 Å². The van der Waals surface area contributed by atoms with Crippen LogP contribution < -0.4 is 0 Å². The van der Waals surface area contributed by atoms with E-state index in [1.54, 1.807) is 4.90 Å². The predicted octanol–water partition coefficient (Wildman–Crippen LogP) is 4.94. The number of halogens is 2. The predicted molar refractivity (Wildman–Crippen MR) is 126 cm³/mol. The molecule has 1 aliphatic heterocycles. The lowest BCUT2D eigenvalue weighted by Gasteiger charge is -2.40. The second kappa shape index (κ2) is 11.2. The van der Waals surface area contributed by atoms with E-state index in [0.717, 1.165) is 37.5 Å². The minimum atomic E-state index is -0.569. The van der Waals surface area contributed by atoms with Crippen LogP contribution in [0, 0.1) is 23.5 Å². The molecule has 2 aromatic carbocycles.